The van der Waals surface area contributed by atoms with E-state index < -0.39 is 24.0 Å². The molecular formula is C14H15F3N4O2S. The molecule has 0 fully saturated rings. The highest BCUT2D eigenvalue weighted by Gasteiger charge is 2.56. The van der Waals surface area contributed by atoms with E-state index in [9.17, 15) is 18.3 Å². The zero-order valence-corrected chi connectivity index (χ0v) is 13.7. The lowest BCUT2D eigenvalue weighted by Gasteiger charge is -2.28. The number of nitrogens with zero attached hydrogens (tertiary/aromatic N) is 3. The van der Waals surface area contributed by atoms with Gasteiger partial charge in [-0.2, -0.15) is 13.2 Å². The summed E-state index contributed by atoms with van der Waals surface area (Å²) in [6.45, 7) is 3.21. The summed E-state index contributed by atoms with van der Waals surface area (Å²) in [6, 6.07) is 2.53. The molecule has 0 saturated heterocycles. The number of aliphatic hydroxyl groups is 1. The maximum absolute atomic E-state index is 13.3. The number of hydrogen-bond donors (Lipinski definition) is 2. The smallest absolute Gasteiger partial charge is 0.424 e. The number of rotatable bonds is 5. The molecule has 3 rings (SSSR count). The van der Waals surface area contributed by atoms with E-state index in [0.717, 1.165) is 11.8 Å². The first kappa shape index (κ1) is 16.8. The van der Waals surface area contributed by atoms with Gasteiger partial charge in [-0.05, 0) is 26.0 Å². The lowest BCUT2D eigenvalue weighted by molar-refractivity contribution is -0.274. The number of alkyl halides is 3. The Balaban J connectivity index is 1.72. The predicted octanol–water partition coefficient (Wildman–Crippen LogP) is 3.25. The first-order chi connectivity index (χ1) is 11.2. The summed E-state index contributed by atoms with van der Waals surface area (Å²) in [5, 5.41) is 17.5. The molecule has 0 radical (unpaired) electrons. The van der Waals surface area contributed by atoms with Gasteiger partial charge >= 0.3 is 6.18 Å². The SMILES string of the molecule is Cc1cn2nc(NCC[C@@](O)(c3ccc(C)o3)C(F)(F)F)sc2n1. The Kier molecular flexibility index (Phi) is 4.04. The van der Waals surface area contributed by atoms with Gasteiger partial charge in [0.1, 0.15) is 11.5 Å². The van der Waals surface area contributed by atoms with Crippen LogP contribution in [0.5, 0.6) is 0 Å². The van der Waals surface area contributed by atoms with Crippen molar-refractivity contribution in [3.05, 3.63) is 35.5 Å². The molecule has 0 bridgehead atoms. The summed E-state index contributed by atoms with van der Waals surface area (Å²) >= 11 is 1.22. The van der Waals surface area contributed by atoms with Crippen LogP contribution in [0.25, 0.3) is 4.96 Å². The van der Waals surface area contributed by atoms with Crippen molar-refractivity contribution in [2.24, 2.45) is 0 Å². The lowest BCUT2D eigenvalue weighted by atomic mass is 9.96. The summed E-state index contributed by atoms with van der Waals surface area (Å²) in [7, 11) is 0. The van der Waals surface area contributed by atoms with Crippen LogP contribution in [-0.4, -0.2) is 32.4 Å². The van der Waals surface area contributed by atoms with Crippen LogP contribution in [0.1, 0.15) is 23.6 Å². The number of halogens is 3. The van der Waals surface area contributed by atoms with Crippen LogP contribution in [0.15, 0.2) is 22.7 Å². The van der Waals surface area contributed by atoms with E-state index >= 15 is 0 Å². The number of anilines is 1. The van der Waals surface area contributed by atoms with Crippen molar-refractivity contribution in [3.8, 4) is 0 Å². The predicted molar refractivity (Wildman–Crippen MR) is 82.1 cm³/mol. The molecule has 1 atom stereocenters. The van der Waals surface area contributed by atoms with Crippen LogP contribution in [0, 0.1) is 13.8 Å². The van der Waals surface area contributed by atoms with Crippen molar-refractivity contribution < 1.29 is 22.7 Å². The van der Waals surface area contributed by atoms with E-state index in [1.165, 1.54) is 24.3 Å². The molecule has 130 valence electrons. The fourth-order valence-corrected chi connectivity index (χ4v) is 3.14. The number of aryl methyl sites for hydroxylation is 2. The Morgan fingerprint density at radius 3 is 2.67 bits per heavy atom. The fraction of sp³-hybridized carbons (Fsp3) is 0.429. The van der Waals surface area contributed by atoms with Gasteiger partial charge in [-0.1, -0.05) is 11.3 Å². The summed E-state index contributed by atoms with van der Waals surface area (Å²) in [6.07, 6.45) is -3.74. The van der Waals surface area contributed by atoms with Gasteiger partial charge in [0, 0.05) is 13.0 Å². The number of hydrogen-bond acceptors (Lipinski definition) is 6. The summed E-state index contributed by atoms with van der Waals surface area (Å²) in [5.74, 6) is -0.212. The van der Waals surface area contributed by atoms with E-state index in [1.807, 2.05) is 6.92 Å². The second-order valence-electron chi connectivity index (χ2n) is 5.46. The number of nitrogens with one attached hydrogen (secondary N) is 1. The van der Waals surface area contributed by atoms with Crippen LogP contribution >= 0.6 is 11.3 Å². The molecule has 3 aromatic heterocycles. The minimum atomic E-state index is -4.85. The normalized spacial score (nSPS) is 14.9. The molecule has 10 heteroatoms. The molecule has 24 heavy (non-hydrogen) atoms. The first-order valence-corrected chi connectivity index (χ1v) is 7.93. The Morgan fingerprint density at radius 1 is 1.33 bits per heavy atom. The Bertz CT molecular complexity index is 822. The van der Waals surface area contributed by atoms with Gasteiger partial charge in [-0.15, -0.1) is 5.10 Å². The van der Waals surface area contributed by atoms with Crippen LogP contribution in [0.3, 0.4) is 0 Å². The zero-order chi connectivity index (χ0) is 17.5. The Morgan fingerprint density at radius 2 is 2.08 bits per heavy atom. The molecule has 0 aliphatic heterocycles. The molecule has 3 aromatic rings. The second kappa shape index (κ2) is 5.78. The lowest BCUT2D eigenvalue weighted by Crippen LogP contribution is -2.43. The van der Waals surface area contributed by atoms with E-state index in [2.05, 4.69) is 15.4 Å². The molecule has 0 amide bonds. The van der Waals surface area contributed by atoms with Crippen LogP contribution in [0.2, 0.25) is 0 Å². The topological polar surface area (TPSA) is 75.6 Å². The summed E-state index contributed by atoms with van der Waals surface area (Å²) < 4.78 is 46.5. The molecule has 2 N–H and O–H groups in total. The van der Waals surface area contributed by atoms with Crippen molar-refractivity contribution in [2.45, 2.75) is 32.0 Å². The third-order valence-electron chi connectivity index (χ3n) is 3.54. The van der Waals surface area contributed by atoms with Gasteiger partial charge < -0.3 is 14.8 Å². The number of fused-ring (bicyclic) bond motifs is 1. The van der Waals surface area contributed by atoms with Gasteiger partial charge in [-0.25, -0.2) is 9.50 Å². The highest BCUT2D eigenvalue weighted by atomic mass is 32.1. The van der Waals surface area contributed by atoms with E-state index in [0.29, 0.717) is 15.9 Å². The van der Waals surface area contributed by atoms with Crippen molar-refractivity contribution in [1.82, 2.24) is 14.6 Å². The summed E-state index contributed by atoms with van der Waals surface area (Å²) in [5.41, 5.74) is -2.25. The van der Waals surface area contributed by atoms with Crippen molar-refractivity contribution in [1.29, 1.82) is 0 Å². The van der Waals surface area contributed by atoms with Gasteiger partial charge in [0.15, 0.2) is 0 Å². The Hall–Kier alpha value is -2.07. The second-order valence-corrected chi connectivity index (χ2v) is 6.42. The Labute approximate surface area is 138 Å². The van der Waals surface area contributed by atoms with Gasteiger partial charge in [0.2, 0.25) is 15.7 Å². The molecule has 0 unspecified atom stereocenters. The molecule has 3 heterocycles. The maximum atomic E-state index is 13.3. The minimum absolute atomic E-state index is 0.134. The van der Waals surface area contributed by atoms with Crippen LogP contribution in [0.4, 0.5) is 18.3 Å². The molecular weight excluding hydrogens is 345 g/mol. The van der Waals surface area contributed by atoms with Crippen molar-refractivity contribution in [3.63, 3.8) is 0 Å². The number of aromatic nitrogens is 3. The molecule has 0 saturated carbocycles. The quantitative estimate of drug-likeness (QED) is 0.730. The maximum Gasteiger partial charge on any atom is 0.424 e. The largest absolute Gasteiger partial charge is 0.463 e. The van der Waals surface area contributed by atoms with Gasteiger partial charge in [-0.3, -0.25) is 0 Å². The van der Waals surface area contributed by atoms with Crippen LogP contribution < -0.4 is 5.32 Å². The average molecular weight is 360 g/mol. The summed E-state index contributed by atoms with van der Waals surface area (Å²) in [4.78, 5) is 4.86. The highest BCUT2D eigenvalue weighted by molar-refractivity contribution is 7.20. The van der Waals surface area contributed by atoms with E-state index in [1.54, 1.807) is 10.7 Å². The third kappa shape index (κ3) is 2.98. The third-order valence-corrected chi connectivity index (χ3v) is 4.42. The molecule has 0 spiro atoms. The van der Waals surface area contributed by atoms with Crippen LogP contribution in [-0.2, 0) is 5.60 Å². The molecule has 0 aromatic carbocycles. The molecule has 6 nitrogen and oxygen atoms in total. The molecule has 0 aliphatic carbocycles. The highest BCUT2D eigenvalue weighted by Crippen LogP contribution is 2.42. The number of imidazole rings is 1. The van der Waals surface area contributed by atoms with E-state index in [4.69, 9.17) is 4.42 Å². The monoisotopic (exact) mass is 360 g/mol. The van der Waals surface area contributed by atoms with Gasteiger partial charge in [0.05, 0.1) is 11.9 Å². The number of furan rings is 1. The van der Waals surface area contributed by atoms with Crippen molar-refractivity contribution >= 4 is 21.4 Å². The van der Waals surface area contributed by atoms with Crippen molar-refractivity contribution in [2.75, 3.05) is 11.9 Å². The minimum Gasteiger partial charge on any atom is -0.463 e. The fourth-order valence-electron chi connectivity index (χ4n) is 2.29. The van der Waals surface area contributed by atoms with Gasteiger partial charge in [0.25, 0.3) is 0 Å². The first-order valence-electron chi connectivity index (χ1n) is 7.12. The van der Waals surface area contributed by atoms with E-state index in [-0.39, 0.29) is 6.54 Å². The zero-order valence-electron chi connectivity index (χ0n) is 12.9. The molecule has 0 aliphatic rings. The standard InChI is InChI=1S/C14H15F3N4O2S/c1-8-7-21-12(19-8)24-11(20-21)18-6-5-13(22,14(15,16)17)10-4-3-9(2)23-10/h3-4,7,22H,5-6H2,1-2H3,(H,18,20)/t13-/m1/s1. The average Bonchev–Trinajstić information content (AvgIpc) is 3.12.